The highest BCUT2D eigenvalue weighted by molar-refractivity contribution is 7.80. The monoisotopic (exact) mass is 291 g/mol. The molecule has 0 radical (unpaired) electrons. The highest BCUT2D eigenvalue weighted by Gasteiger charge is 2.16. The Morgan fingerprint density at radius 2 is 2.05 bits per heavy atom. The van der Waals surface area contributed by atoms with Gasteiger partial charge in [0, 0.05) is 29.1 Å². The number of fused-ring (bicyclic) bond motifs is 1. The maximum absolute atomic E-state index is 5.60. The Morgan fingerprint density at radius 1 is 1.32 bits per heavy atom. The number of thiocarbonyl (C=S) groups is 1. The summed E-state index contributed by atoms with van der Waals surface area (Å²) in [6.07, 6.45) is 0.889. The molecule has 0 spiro atoms. The summed E-state index contributed by atoms with van der Waals surface area (Å²) in [7, 11) is 0. The van der Waals surface area contributed by atoms with Crippen molar-refractivity contribution >= 4 is 38.6 Å². The van der Waals surface area contributed by atoms with Crippen LogP contribution in [0.15, 0.2) is 24.3 Å². The highest BCUT2D eigenvalue weighted by atomic mass is 32.1. The van der Waals surface area contributed by atoms with Crippen molar-refractivity contribution in [3.63, 3.8) is 0 Å². The first-order valence-corrected chi connectivity index (χ1v) is 7.80. The molecule has 3 rings (SSSR count). The van der Waals surface area contributed by atoms with Gasteiger partial charge in [0.1, 0.15) is 0 Å². The van der Waals surface area contributed by atoms with Crippen LogP contribution in [0.25, 0.3) is 10.1 Å². The van der Waals surface area contributed by atoms with Crippen LogP contribution in [0.4, 0.5) is 0 Å². The SMILES string of the molecule is Cc1c(CC(=S)N2CCOCC2)sc2ccccc12. The van der Waals surface area contributed by atoms with Gasteiger partial charge in [0.15, 0.2) is 0 Å². The minimum atomic E-state index is 0.797. The smallest absolute Gasteiger partial charge is 0.0833 e. The number of aryl methyl sites for hydroxylation is 1. The Bertz CT molecular complexity index is 599. The summed E-state index contributed by atoms with van der Waals surface area (Å²) in [6, 6.07) is 8.59. The number of thiophene rings is 1. The van der Waals surface area contributed by atoms with E-state index in [0.29, 0.717) is 0 Å². The molecule has 1 aliphatic heterocycles. The maximum atomic E-state index is 5.60. The zero-order valence-electron chi connectivity index (χ0n) is 11.0. The van der Waals surface area contributed by atoms with Gasteiger partial charge in [-0.3, -0.25) is 0 Å². The summed E-state index contributed by atoms with van der Waals surface area (Å²) in [5.41, 5.74) is 1.39. The molecule has 0 amide bonds. The molecule has 0 unspecified atom stereocenters. The van der Waals surface area contributed by atoms with Crippen LogP contribution in [-0.4, -0.2) is 36.2 Å². The van der Waals surface area contributed by atoms with Crippen LogP contribution in [0.5, 0.6) is 0 Å². The first kappa shape index (κ1) is 13.0. The van der Waals surface area contributed by atoms with E-state index in [-0.39, 0.29) is 0 Å². The van der Waals surface area contributed by atoms with E-state index in [9.17, 15) is 0 Å². The third kappa shape index (κ3) is 2.66. The zero-order chi connectivity index (χ0) is 13.2. The fourth-order valence-electron chi connectivity index (χ4n) is 2.46. The van der Waals surface area contributed by atoms with Crippen LogP contribution >= 0.6 is 23.6 Å². The Kier molecular flexibility index (Phi) is 3.82. The predicted molar refractivity (Wildman–Crippen MR) is 85.3 cm³/mol. The van der Waals surface area contributed by atoms with Gasteiger partial charge in [0.25, 0.3) is 0 Å². The minimum Gasteiger partial charge on any atom is -0.378 e. The Labute approximate surface area is 123 Å². The molecule has 4 heteroatoms. The Morgan fingerprint density at radius 3 is 2.79 bits per heavy atom. The average molecular weight is 291 g/mol. The fourth-order valence-corrected chi connectivity index (χ4v) is 4.09. The standard InChI is InChI=1S/C15H17NOS2/c1-11-12-4-2-3-5-13(12)19-14(11)10-15(18)16-6-8-17-9-7-16/h2-5H,6-10H2,1H3. The summed E-state index contributed by atoms with van der Waals surface area (Å²) in [6.45, 7) is 5.67. The second-order valence-corrected chi connectivity index (χ2v) is 6.42. The molecule has 2 aromatic rings. The van der Waals surface area contributed by atoms with E-state index < -0.39 is 0 Å². The number of hydrogen-bond donors (Lipinski definition) is 0. The van der Waals surface area contributed by atoms with Crippen molar-refractivity contribution in [1.82, 2.24) is 4.90 Å². The van der Waals surface area contributed by atoms with Gasteiger partial charge in [-0.05, 0) is 23.9 Å². The van der Waals surface area contributed by atoms with Crippen LogP contribution in [-0.2, 0) is 11.2 Å². The Balaban J connectivity index is 1.81. The van der Waals surface area contributed by atoms with Crippen molar-refractivity contribution in [2.45, 2.75) is 13.3 Å². The van der Waals surface area contributed by atoms with E-state index in [2.05, 4.69) is 36.1 Å². The molecule has 0 saturated carbocycles. The van der Waals surface area contributed by atoms with Gasteiger partial charge in [0.2, 0.25) is 0 Å². The molecule has 2 nitrogen and oxygen atoms in total. The van der Waals surface area contributed by atoms with E-state index in [1.165, 1.54) is 20.5 Å². The van der Waals surface area contributed by atoms with Crippen molar-refractivity contribution in [3.05, 3.63) is 34.7 Å². The molecule has 0 N–H and O–H groups in total. The number of hydrogen-bond acceptors (Lipinski definition) is 3. The van der Waals surface area contributed by atoms with Gasteiger partial charge in [-0.25, -0.2) is 0 Å². The van der Waals surface area contributed by atoms with Crippen molar-refractivity contribution in [2.24, 2.45) is 0 Å². The van der Waals surface area contributed by atoms with Crippen LogP contribution < -0.4 is 0 Å². The first-order chi connectivity index (χ1) is 9.25. The minimum absolute atomic E-state index is 0.797. The number of morpholine rings is 1. The van der Waals surface area contributed by atoms with Gasteiger partial charge in [-0.1, -0.05) is 30.4 Å². The number of nitrogens with zero attached hydrogens (tertiary/aromatic N) is 1. The lowest BCUT2D eigenvalue weighted by Gasteiger charge is -2.29. The molecule has 100 valence electrons. The van der Waals surface area contributed by atoms with E-state index in [1.807, 2.05) is 11.3 Å². The van der Waals surface area contributed by atoms with Crippen molar-refractivity contribution in [2.75, 3.05) is 26.3 Å². The van der Waals surface area contributed by atoms with Crippen LogP contribution in [0.3, 0.4) is 0 Å². The molecule has 0 bridgehead atoms. The highest BCUT2D eigenvalue weighted by Crippen LogP contribution is 2.31. The zero-order valence-corrected chi connectivity index (χ0v) is 12.6. The maximum Gasteiger partial charge on any atom is 0.0833 e. The molecular formula is C15H17NOS2. The molecule has 2 heterocycles. The second kappa shape index (κ2) is 5.57. The van der Waals surface area contributed by atoms with Crippen LogP contribution in [0.2, 0.25) is 0 Å². The molecule has 1 aromatic heterocycles. The van der Waals surface area contributed by atoms with E-state index >= 15 is 0 Å². The van der Waals surface area contributed by atoms with Gasteiger partial charge in [-0.2, -0.15) is 0 Å². The largest absolute Gasteiger partial charge is 0.378 e. The first-order valence-electron chi connectivity index (χ1n) is 6.58. The van der Waals surface area contributed by atoms with Crippen LogP contribution in [0, 0.1) is 6.92 Å². The molecule has 1 aliphatic rings. The van der Waals surface area contributed by atoms with Gasteiger partial charge in [0.05, 0.1) is 18.2 Å². The lowest BCUT2D eigenvalue weighted by atomic mass is 10.1. The Hall–Kier alpha value is -0.970. The van der Waals surface area contributed by atoms with E-state index in [0.717, 1.165) is 37.7 Å². The summed E-state index contributed by atoms with van der Waals surface area (Å²) in [5, 5.41) is 1.37. The number of ether oxygens (including phenoxy) is 1. The summed E-state index contributed by atoms with van der Waals surface area (Å²) < 4.78 is 6.73. The lowest BCUT2D eigenvalue weighted by molar-refractivity contribution is 0.0685. The third-order valence-corrected chi connectivity index (χ3v) is 5.29. The quantitative estimate of drug-likeness (QED) is 0.787. The molecule has 19 heavy (non-hydrogen) atoms. The normalized spacial score (nSPS) is 15.9. The fraction of sp³-hybridized carbons (Fsp3) is 0.400. The molecule has 0 atom stereocenters. The molecule has 0 aliphatic carbocycles. The number of rotatable bonds is 2. The van der Waals surface area contributed by atoms with Crippen molar-refractivity contribution in [1.29, 1.82) is 0 Å². The predicted octanol–water partition coefficient (Wildman–Crippen LogP) is 3.41. The molecule has 1 aromatic carbocycles. The summed E-state index contributed by atoms with van der Waals surface area (Å²) in [4.78, 5) is 4.73. The van der Waals surface area contributed by atoms with Gasteiger partial charge < -0.3 is 9.64 Å². The van der Waals surface area contributed by atoms with Crippen molar-refractivity contribution in [3.8, 4) is 0 Å². The third-order valence-electron chi connectivity index (χ3n) is 3.62. The van der Waals surface area contributed by atoms with Crippen LogP contribution in [0.1, 0.15) is 10.4 Å². The molecule has 1 fully saturated rings. The van der Waals surface area contributed by atoms with E-state index in [4.69, 9.17) is 17.0 Å². The van der Waals surface area contributed by atoms with E-state index in [1.54, 1.807) is 0 Å². The average Bonchev–Trinajstić information content (AvgIpc) is 2.77. The lowest BCUT2D eigenvalue weighted by Crippen LogP contribution is -2.40. The van der Waals surface area contributed by atoms with Gasteiger partial charge in [-0.15, -0.1) is 11.3 Å². The van der Waals surface area contributed by atoms with Crippen molar-refractivity contribution < 1.29 is 4.74 Å². The summed E-state index contributed by atoms with van der Waals surface area (Å²) in [5.74, 6) is 0. The summed E-state index contributed by atoms with van der Waals surface area (Å²) >= 11 is 7.47. The second-order valence-electron chi connectivity index (χ2n) is 4.82. The van der Waals surface area contributed by atoms with Gasteiger partial charge >= 0.3 is 0 Å². The number of benzene rings is 1. The molecular weight excluding hydrogens is 274 g/mol. The topological polar surface area (TPSA) is 12.5 Å². The molecule has 1 saturated heterocycles.